The first kappa shape index (κ1) is 26.2. The second-order valence-electron chi connectivity index (χ2n) is 9.97. The number of alkyl halides is 2. The van der Waals surface area contributed by atoms with E-state index in [1.54, 1.807) is 30.3 Å². The van der Waals surface area contributed by atoms with E-state index in [1.165, 1.54) is 4.57 Å². The zero-order valence-electron chi connectivity index (χ0n) is 21.4. The monoisotopic (exact) mass is 529 g/mol. The van der Waals surface area contributed by atoms with Crippen molar-refractivity contribution in [2.24, 2.45) is 5.92 Å². The number of carboxylic acid groups (broad SMARTS) is 1. The lowest BCUT2D eigenvalue weighted by Gasteiger charge is -2.34. The maximum Gasteiger partial charge on any atom is 0.317 e. The minimum absolute atomic E-state index is 0.0437. The van der Waals surface area contributed by atoms with Gasteiger partial charge in [-0.2, -0.15) is 9.97 Å². The van der Waals surface area contributed by atoms with Crippen LogP contribution in [-0.2, 0) is 9.53 Å². The Hall–Kier alpha value is -3.38. The summed E-state index contributed by atoms with van der Waals surface area (Å²) in [6, 6.07) is 9.04. The maximum atomic E-state index is 14.1. The van der Waals surface area contributed by atoms with Crippen molar-refractivity contribution in [3.63, 3.8) is 0 Å². The molecule has 10 nitrogen and oxygen atoms in total. The summed E-state index contributed by atoms with van der Waals surface area (Å²) in [6.07, 6.45) is 0.998. The van der Waals surface area contributed by atoms with Gasteiger partial charge in [0.2, 0.25) is 5.95 Å². The number of likely N-dealkylation sites (N-methyl/N-ethyl adjacent to an activating group) is 1. The highest BCUT2D eigenvalue weighted by molar-refractivity contribution is 5.78. The standard InChI is InChI=1S/C26H33F2N7O3/c1-33(16-23(36)37)18-8-6-17(7-9-18)15-29-26-31-21(34-10-12-38-13-11-34)14-22(32-26)35-20-5-3-2-4-19(20)30-25(35)24(27)28/h2-5,14,17-18,24H,6-13,15-16H2,1H3,(H,36,37)(H,29,31,32). The van der Waals surface area contributed by atoms with Gasteiger partial charge in [0.25, 0.3) is 6.43 Å². The Morgan fingerprint density at radius 1 is 1.13 bits per heavy atom. The molecule has 1 aliphatic carbocycles. The second-order valence-corrected chi connectivity index (χ2v) is 9.97. The quantitative estimate of drug-likeness (QED) is 0.430. The first-order valence-corrected chi connectivity index (χ1v) is 13.0. The number of halogens is 2. The van der Waals surface area contributed by atoms with E-state index in [0.717, 1.165) is 25.7 Å². The molecule has 0 atom stereocenters. The zero-order chi connectivity index (χ0) is 26.6. The molecule has 2 aliphatic rings. The van der Waals surface area contributed by atoms with Gasteiger partial charge in [-0.05, 0) is 50.8 Å². The number of hydrogen-bond donors (Lipinski definition) is 2. The van der Waals surface area contributed by atoms with Gasteiger partial charge >= 0.3 is 5.97 Å². The van der Waals surface area contributed by atoms with Gasteiger partial charge in [0.15, 0.2) is 5.82 Å². The van der Waals surface area contributed by atoms with Crippen LogP contribution in [0.4, 0.5) is 20.5 Å². The van der Waals surface area contributed by atoms with E-state index >= 15 is 0 Å². The number of morpholine rings is 1. The number of hydrogen-bond acceptors (Lipinski definition) is 8. The van der Waals surface area contributed by atoms with E-state index in [9.17, 15) is 13.6 Å². The summed E-state index contributed by atoms with van der Waals surface area (Å²) >= 11 is 0. The maximum absolute atomic E-state index is 14.1. The summed E-state index contributed by atoms with van der Waals surface area (Å²) in [6.45, 7) is 3.12. The molecule has 5 rings (SSSR count). The topological polar surface area (TPSA) is 109 Å². The molecule has 0 amide bonds. The predicted octanol–water partition coefficient (Wildman–Crippen LogP) is 3.58. The molecule has 3 aromatic rings. The van der Waals surface area contributed by atoms with E-state index in [0.29, 0.717) is 67.4 Å². The summed E-state index contributed by atoms with van der Waals surface area (Å²) < 4.78 is 35.0. The number of ether oxygens (including phenoxy) is 1. The molecule has 2 N–H and O–H groups in total. The molecule has 2 aromatic heterocycles. The first-order valence-electron chi connectivity index (χ1n) is 13.0. The SMILES string of the molecule is CN(CC(=O)O)C1CCC(CNc2nc(N3CCOCC3)cc(-n3c(C(F)F)nc4ccccc43)n2)CC1. The molecule has 0 bridgehead atoms. The summed E-state index contributed by atoms with van der Waals surface area (Å²) in [5.74, 6) is 0.587. The van der Waals surface area contributed by atoms with E-state index < -0.39 is 12.4 Å². The van der Waals surface area contributed by atoms with Gasteiger partial charge in [-0.3, -0.25) is 14.3 Å². The summed E-state index contributed by atoms with van der Waals surface area (Å²) in [5.41, 5.74) is 1.04. The Morgan fingerprint density at radius 2 is 1.84 bits per heavy atom. The fourth-order valence-electron chi connectivity index (χ4n) is 5.37. The third-order valence-electron chi connectivity index (χ3n) is 7.42. The Morgan fingerprint density at radius 3 is 2.55 bits per heavy atom. The number of aromatic nitrogens is 4. The molecule has 12 heteroatoms. The van der Waals surface area contributed by atoms with E-state index in [4.69, 9.17) is 14.8 Å². The summed E-state index contributed by atoms with van der Waals surface area (Å²) in [7, 11) is 1.86. The lowest BCUT2D eigenvalue weighted by Crippen LogP contribution is -2.39. The number of rotatable bonds is 9. The minimum Gasteiger partial charge on any atom is -0.480 e. The van der Waals surface area contributed by atoms with Crippen LogP contribution in [0.2, 0.25) is 0 Å². The molecule has 0 spiro atoms. The molecular formula is C26H33F2N7O3. The number of carbonyl (C=O) groups is 1. The Bertz CT molecular complexity index is 1260. The van der Waals surface area contributed by atoms with Crippen molar-refractivity contribution in [2.75, 3.05) is 56.7 Å². The number of benzene rings is 1. The third kappa shape index (κ3) is 5.86. The number of para-hydroxylation sites is 2. The zero-order valence-corrected chi connectivity index (χ0v) is 21.4. The molecule has 1 aromatic carbocycles. The van der Waals surface area contributed by atoms with E-state index in [2.05, 4.69) is 20.2 Å². The summed E-state index contributed by atoms with van der Waals surface area (Å²) in [5, 5.41) is 12.4. The molecular weight excluding hydrogens is 496 g/mol. The average molecular weight is 530 g/mol. The third-order valence-corrected chi connectivity index (χ3v) is 7.42. The van der Waals surface area contributed by atoms with Crippen LogP contribution < -0.4 is 10.2 Å². The van der Waals surface area contributed by atoms with Crippen LogP contribution in [0.3, 0.4) is 0 Å². The Balaban J connectivity index is 1.38. The average Bonchev–Trinajstić information content (AvgIpc) is 3.32. The van der Waals surface area contributed by atoms with Crippen LogP contribution in [0.5, 0.6) is 0 Å². The highest BCUT2D eigenvalue weighted by Crippen LogP contribution is 2.30. The molecule has 204 valence electrons. The van der Waals surface area contributed by atoms with E-state index in [1.807, 2.05) is 11.9 Å². The highest BCUT2D eigenvalue weighted by Gasteiger charge is 2.26. The summed E-state index contributed by atoms with van der Waals surface area (Å²) in [4.78, 5) is 28.6. The Labute approximate surface area is 219 Å². The van der Waals surface area contributed by atoms with Crippen LogP contribution in [0.15, 0.2) is 30.3 Å². The van der Waals surface area contributed by atoms with Gasteiger partial charge in [-0.15, -0.1) is 0 Å². The lowest BCUT2D eigenvalue weighted by atomic mass is 9.85. The number of carboxylic acids is 1. The number of imidazole rings is 1. The Kier molecular flexibility index (Phi) is 7.98. The van der Waals surface area contributed by atoms with Crippen LogP contribution in [-0.4, -0.2) is 88.0 Å². The van der Waals surface area contributed by atoms with Gasteiger partial charge in [-0.25, -0.2) is 13.8 Å². The van der Waals surface area contributed by atoms with Gasteiger partial charge < -0.3 is 20.1 Å². The predicted molar refractivity (Wildman–Crippen MR) is 139 cm³/mol. The van der Waals surface area contributed by atoms with Gasteiger partial charge in [0.05, 0.1) is 30.8 Å². The number of aliphatic carboxylic acids is 1. The van der Waals surface area contributed by atoms with Crippen molar-refractivity contribution in [3.05, 3.63) is 36.2 Å². The molecule has 1 saturated carbocycles. The molecule has 1 saturated heterocycles. The van der Waals surface area contributed by atoms with Crippen molar-refractivity contribution < 1.29 is 23.4 Å². The van der Waals surface area contributed by atoms with Crippen LogP contribution >= 0.6 is 0 Å². The largest absolute Gasteiger partial charge is 0.480 e. The number of nitrogens with one attached hydrogen (secondary N) is 1. The lowest BCUT2D eigenvalue weighted by molar-refractivity contribution is -0.138. The molecule has 1 aliphatic heterocycles. The highest BCUT2D eigenvalue weighted by atomic mass is 19.3. The van der Waals surface area contributed by atoms with E-state index in [-0.39, 0.29) is 18.4 Å². The molecule has 0 radical (unpaired) electrons. The van der Waals surface area contributed by atoms with Crippen LogP contribution in [0.1, 0.15) is 37.9 Å². The molecule has 38 heavy (non-hydrogen) atoms. The number of nitrogens with zero attached hydrogens (tertiary/aromatic N) is 6. The number of anilines is 2. The molecule has 0 unspecified atom stereocenters. The molecule has 3 heterocycles. The molecule has 2 fully saturated rings. The smallest absolute Gasteiger partial charge is 0.317 e. The van der Waals surface area contributed by atoms with Crippen molar-refractivity contribution in [1.29, 1.82) is 0 Å². The van der Waals surface area contributed by atoms with Crippen molar-refractivity contribution in [2.45, 2.75) is 38.2 Å². The minimum atomic E-state index is -2.77. The fourth-order valence-corrected chi connectivity index (χ4v) is 5.37. The van der Waals surface area contributed by atoms with Gasteiger partial charge in [0.1, 0.15) is 11.6 Å². The second kappa shape index (κ2) is 11.6. The van der Waals surface area contributed by atoms with Gasteiger partial charge in [-0.1, -0.05) is 12.1 Å². The van der Waals surface area contributed by atoms with Gasteiger partial charge in [0, 0.05) is 31.7 Å². The fraction of sp³-hybridized carbons (Fsp3) is 0.538. The van der Waals surface area contributed by atoms with Crippen molar-refractivity contribution in [3.8, 4) is 5.82 Å². The van der Waals surface area contributed by atoms with Crippen LogP contribution in [0, 0.1) is 5.92 Å². The van der Waals surface area contributed by atoms with Crippen molar-refractivity contribution in [1.82, 2.24) is 24.4 Å². The first-order chi connectivity index (χ1) is 18.4. The number of fused-ring (bicyclic) bond motifs is 1. The van der Waals surface area contributed by atoms with Crippen LogP contribution in [0.25, 0.3) is 16.9 Å². The van der Waals surface area contributed by atoms with Crippen molar-refractivity contribution >= 4 is 28.8 Å². The normalized spacial score (nSPS) is 20.4.